The van der Waals surface area contributed by atoms with Crippen LogP contribution in [0.4, 0.5) is 4.79 Å². The van der Waals surface area contributed by atoms with Gasteiger partial charge in [-0.1, -0.05) is 0 Å². The van der Waals surface area contributed by atoms with E-state index in [1.807, 2.05) is 20.8 Å². The molecule has 0 aliphatic heterocycles. The average Bonchev–Trinajstić information content (AvgIpc) is 2.60. The fourth-order valence-corrected chi connectivity index (χ4v) is 4.88. The lowest BCUT2D eigenvalue weighted by atomic mass is 10.3. The second-order valence-corrected chi connectivity index (χ2v) is 7.79. The molecule has 0 aliphatic carbocycles. The molecule has 9 nitrogen and oxygen atoms in total. The summed E-state index contributed by atoms with van der Waals surface area (Å²) >= 11 is 0. The zero-order valence-electron chi connectivity index (χ0n) is 15.3. The molecule has 0 fully saturated rings. The quantitative estimate of drug-likeness (QED) is 0.415. The van der Waals surface area contributed by atoms with Crippen molar-refractivity contribution in [3.05, 3.63) is 24.0 Å². The third kappa shape index (κ3) is 7.08. The van der Waals surface area contributed by atoms with Crippen LogP contribution >= 0.6 is 0 Å². The van der Waals surface area contributed by atoms with Crippen molar-refractivity contribution in [1.29, 1.82) is 0 Å². The van der Waals surface area contributed by atoms with Crippen LogP contribution in [-0.2, 0) is 13.3 Å². The Kier molecular flexibility index (Phi) is 9.81. The molecule has 1 aromatic rings. The summed E-state index contributed by atoms with van der Waals surface area (Å²) in [6.45, 7) is 7.40. The number of carbonyl (C=O) groups excluding carboxylic acids is 1. The van der Waals surface area contributed by atoms with Crippen LogP contribution in [0.3, 0.4) is 0 Å². The number of nitrogens with one attached hydrogen (secondary N) is 1. The van der Waals surface area contributed by atoms with Gasteiger partial charge in [0.15, 0.2) is 11.4 Å². The van der Waals surface area contributed by atoms with E-state index in [9.17, 15) is 9.59 Å². The van der Waals surface area contributed by atoms with Gasteiger partial charge in [0.25, 0.3) is 0 Å². The molecule has 0 atom stereocenters. The minimum absolute atomic E-state index is 0.112. The zero-order valence-corrected chi connectivity index (χ0v) is 16.3. The first-order valence-electron chi connectivity index (χ1n) is 8.53. The monoisotopic (exact) mass is 386 g/mol. The summed E-state index contributed by atoms with van der Waals surface area (Å²) in [5, 5.41) is 11.6. The molecule has 0 saturated heterocycles. The summed E-state index contributed by atoms with van der Waals surface area (Å²) in [5.74, 6) is -1.38. The van der Waals surface area contributed by atoms with E-state index >= 15 is 0 Å². The maximum atomic E-state index is 11.9. The van der Waals surface area contributed by atoms with E-state index in [0.717, 1.165) is 0 Å². The number of carboxylic acids is 1. The first-order valence-corrected chi connectivity index (χ1v) is 10.5. The molecule has 0 unspecified atom stereocenters. The lowest BCUT2D eigenvalue weighted by Gasteiger charge is -2.28. The summed E-state index contributed by atoms with van der Waals surface area (Å²) in [4.78, 5) is 26.6. The predicted molar refractivity (Wildman–Crippen MR) is 95.3 cm³/mol. The fourth-order valence-electron chi connectivity index (χ4n) is 2.27. The van der Waals surface area contributed by atoms with Gasteiger partial charge in [0, 0.05) is 38.6 Å². The minimum Gasteiger partial charge on any atom is -0.476 e. The number of aromatic nitrogens is 1. The van der Waals surface area contributed by atoms with E-state index < -0.39 is 20.9 Å². The summed E-state index contributed by atoms with van der Waals surface area (Å²) < 4.78 is 22.2. The van der Waals surface area contributed by atoms with Crippen LogP contribution in [-0.4, -0.2) is 57.3 Å². The van der Waals surface area contributed by atoms with Crippen LogP contribution in [0.5, 0.6) is 5.75 Å². The molecule has 26 heavy (non-hydrogen) atoms. The van der Waals surface area contributed by atoms with Gasteiger partial charge in [-0.2, -0.15) is 0 Å². The molecule has 0 aromatic carbocycles. The van der Waals surface area contributed by atoms with Crippen molar-refractivity contribution in [3.63, 3.8) is 0 Å². The predicted octanol–water partition coefficient (Wildman–Crippen LogP) is 2.31. The molecule has 1 amide bonds. The topological polar surface area (TPSA) is 116 Å². The van der Waals surface area contributed by atoms with Gasteiger partial charge in [0.1, 0.15) is 0 Å². The molecule has 0 bridgehead atoms. The maximum Gasteiger partial charge on any atom is 0.500 e. The number of hydrogen-bond acceptors (Lipinski definition) is 7. The van der Waals surface area contributed by atoms with E-state index in [1.54, 1.807) is 0 Å². The first-order chi connectivity index (χ1) is 12.5. The van der Waals surface area contributed by atoms with Gasteiger partial charge in [-0.15, -0.1) is 0 Å². The number of carboxylic acid groups (broad SMARTS) is 1. The normalized spacial score (nSPS) is 11.2. The molecule has 0 aliphatic rings. The average molecular weight is 386 g/mol. The summed E-state index contributed by atoms with van der Waals surface area (Å²) in [5.41, 5.74) is -0.321. The SMILES string of the molecule is CCO[Si](CCCNC(=O)Oc1cccnc1C(=O)O)(OCC)OCC. The zero-order chi connectivity index (χ0) is 19.4. The van der Waals surface area contributed by atoms with Crippen molar-refractivity contribution in [2.75, 3.05) is 26.4 Å². The Hall–Kier alpha value is -2.01. The molecule has 10 heteroatoms. The van der Waals surface area contributed by atoms with Gasteiger partial charge < -0.3 is 28.4 Å². The van der Waals surface area contributed by atoms with E-state index in [1.165, 1.54) is 18.3 Å². The highest BCUT2D eigenvalue weighted by molar-refractivity contribution is 6.60. The molecule has 1 aromatic heterocycles. The van der Waals surface area contributed by atoms with Gasteiger partial charge >= 0.3 is 20.9 Å². The van der Waals surface area contributed by atoms with Crippen molar-refractivity contribution in [2.45, 2.75) is 33.2 Å². The molecule has 0 saturated carbocycles. The van der Waals surface area contributed by atoms with E-state index in [-0.39, 0.29) is 11.4 Å². The number of carbonyl (C=O) groups is 2. The second-order valence-electron chi connectivity index (χ2n) is 5.06. The largest absolute Gasteiger partial charge is 0.500 e. The van der Waals surface area contributed by atoms with Crippen molar-refractivity contribution >= 4 is 20.9 Å². The molecule has 2 N–H and O–H groups in total. The van der Waals surface area contributed by atoms with Gasteiger partial charge in [-0.25, -0.2) is 14.6 Å². The smallest absolute Gasteiger partial charge is 0.476 e. The van der Waals surface area contributed by atoms with Crippen LogP contribution in [0.2, 0.25) is 6.04 Å². The van der Waals surface area contributed by atoms with Gasteiger partial charge in [0.05, 0.1) is 0 Å². The number of nitrogens with zero attached hydrogens (tertiary/aromatic N) is 1. The van der Waals surface area contributed by atoms with Gasteiger partial charge in [-0.3, -0.25) is 0 Å². The maximum absolute atomic E-state index is 11.9. The van der Waals surface area contributed by atoms with Crippen molar-refractivity contribution in [1.82, 2.24) is 10.3 Å². The van der Waals surface area contributed by atoms with E-state index in [2.05, 4.69) is 10.3 Å². The highest BCUT2D eigenvalue weighted by atomic mass is 28.4. The molecular weight excluding hydrogens is 360 g/mol. The van der Waals surface area contributed by atoms with Crippen molar-refractivity contribution in [2.24, 2.45) is 0 Å². The Morgan fingerprint density at radius 3 is 2.31 bits per heavy atom. The minimum atomic E-state index is -2.75. The lowest BCUT2D eigenvalue weighted by Crippen LogP contribution is -2.46. The number of aromatic carboxylic acids is 1. The highest BCUT2D eigenvalue weighted by Gasteiger charge is 2.39. The van der Waals surface area contributed by atoms with Crippen molar-refractivity contribution < 1.29 is 32.7 Å². The van der Waals surface area contributed by atoms with Crippen molar-refractivity contribution in [3.8, 4) is 5.75 Å². The number of rotatable bonds is 12. The Bertz CT molecular complexity index is 568. The van der Waals surface area contributed by atoms with Crippen LogP contribution in [0.15, 0.2) is 18.3 Å². The first kappa shape index (κ1) is 22.0. The Morgan fingerprint density at radius 1 is 1.15 bits per heavy atom. The molecule has 0 radical (unpaired) electrons. The lowest BCUT2D eigenvalue weighted by molar-refractivity contribution is 0.0682. The molecule has 146 valence electrons. The van der Waals surface area contributed by atoms with E-state index in [4.69, 9.17) is 23.1 Å². The Labute approximate surface area is 154 Å². The summed E-state index contributed by atoms with van der Waals surface area (Å²) in [6.07, 6.45) is 1.13. The Balaban J connectivity index is 2.51. The molecule has 0 spiro atoms. The number of amides is 1. The summed E-state index contributed by atoms with van der Waals surface area (Å²) in [6, 6.07) is 3.41. The molecular formula is C16H26N2O7Si. The van der Waals surface area contributed by atoms with E-state index in [0.29, 0.717) is 38.8 Å². The number of ether oxygens (including phenoxy) is 1. The fraction of sp³-hybridized carbons (Fsp3) is 0.562. The van der Waals surface area contributed by atoms with Gasteiger partial charge in [0.2, 0.25) is 0 Å². The molecule has 1 rings (SSSR count). The highest BCUT2D eigenvalue weighted by Crippen LogP contribution is 2.18. The molecule has 1 heterocycles. The van der Waals surface area contributed by atoms with Crippen LogP contribution in [0.25, 0.3) is 0 Å². The Morgan fingerprint density at radius 2 is 1.77 bits per heavy atom. The van der Waals surface area contributed by atoms with Gasteiger partial charge in [-0.05, 0) is 39.3 Å². The van der Waals surface area contributed by atoms with Crippen LogP contribution < -0.4 is 10.1 Å². The third-order valence-electron chi connectivity index (χ3n) is 3.20. The van der Waals surface area contributed by atoms with Crippen LogP contribution in [0, 0.1) is 0 Å². The van der Waals surface area contributed by atoms with Crippen LogP contribution in [0.1, 0.15) is 37.7 Å². The number of hydrogen-bond donors (Lipinski definition) is 2. The number of pyridine rings is 1. The third-order valence-corrected chi connectivity index (χ3v) is 6.35. The summed E-state index contributed by atoms with van der Waals surface area (Å²) in [7, 11) is -2.75. The standard InChI is InChI=1S/C16H26N2O7Si/c1-4-22-26(23-5-2,24-6-3)12-8-11-18-16(21)25-13-9-7-10-17-14(13)15(19)20/h7,9-10H,4-6,8,11-12H2,1-3H3,(H,18,21)(H,19,20). The second kappa shape index (κ2) is 11.6.